The fraction of sp³-hybridized carbons (Fsp3) is 0.684. The van der Waals surface area contributed by atoms with Crippen molar-refractivity contribution in [1.82, 2.24) is 9.80 Å². The van der Waals surface area contributed by atoms with Crippen LogP contribution < -0.4 is 4.74 Å². The minimum Gasteiger partial charge on any atom is -0.494 e. The maximum absolute atomic E-state index is 6.03. The van der Waals surface area contributed by atoms with Crippen LogP contribution in [0.3, 0.4) is 0 Å². The second-order valence-corrected chi connectivity index (χ2v) is 6.87. The lowest BCUT2D eigenvalue weighted by atomic mass is 9.99. The topological polar surface area (TPSA) is 15.7 Å². The summed E-state index contributed by atoms with van der Waals surface area (Å²) in [6, 6.07) is 7.43. The van der Waals surface area contributed by atoms with E-state index >= 15 is 0 Å². The number of fused-ring (bicyclic) bond motifs is 1. The predicted octanol–water partition coefficient (Wildman–Crippen LogP) is 3.32. The first-order valence-electron chi connectivity index (χ1n) is 8.93. The maximum Gasteiger partial charge on any atom is 0.119 e. The van der Waals surface area contributed by atoms with Crippen LogP contribution in [0, 0.1) is 0 Å². The third kappa shape index (κ3) is 3.82. The van der Waals surface area contributed by atoms with Gasteiger partial charge in [0.25, 0.3) is 0 Å². The molecule has 3 heteroatoms. The van der Waals surface area contributed by atoms with E-state index in [1.807, 2.05) is 0 Å². The van der Waals surface area contributed by atoms with E-state index in [1.54, 1.807) is 0 Å². The van der Waals surface area contributed by atoms with E-state index in [2.05, 4.69) is 42.0 Å². The zero-order chi connectivity index (χ0) is 15.4. The Labute approximate surface area is 135 Å². The minimum absolute atomic E-state index is 0.720. The molecule has 3 rings (SSSR count). The van der Waals surface area contributed by atoms with Crippen molar-refractivity contribution in [2.24, 2.45) is 0 Å². The van der Waals surface area contributed by atoms with Gasteiger partial charge < -0.3 is 9.64 Å². The Kier molecular flexibility index (Phi) is 5.37. The van der Waals surface area contributed by atoms with Gasteiger partial charge >= 0.3 is 0 Å². The summed E-state index contributed by atoms with van der Waals surface area (Å²) in [6.45, 7) is 7.84. The molecule has 2 aliphatic rings. The summed E-state index contributed by atoms with van der Waals surface area (Å²) >= 11 is 0. The van der Waals surface area contributed by atoms with Crippen molar-refractivity contribution < 1.29 is 4.74 Å². The summed E-state index contributed by atoms with van der Waals surface area (Å²) in [5.41, 5.74) is 2.98. The summed E-state index contributed by atoms with van der Waals surface area (Å²) in [4.78, 5) is 5.03. The maximum atomic E-state index is 6.03. The highest BCUT2D eigenvalue weighted by Crippen LogP contribution is 2.25. The molecule has 22 heavy (non-hydrogen) atoms. The van der Waals surface area contributed by atoms with Gasteiger partial charge in [0.15, 0.2) is 0 Å². The van der Waals surface area contributed by atoms with Gasteiger partial charge in [-0.2, -0.15) is 0 Å². The zero-order valence-corrected chi connectivity index (χ0v) is 14.2. The summed E-state index contributed by atoms with van der Waals surface area (Å²) < 4.78 is 6.03. The molecule has 2 heterocycles. The lowest BCUT2D eigenvalue weighted by molar-refractivity contribution is 0.231. The van der Waals surface area contributed by atoms with E-state index < -0.39 is 0 Å². The fourth-order valence-corrected chi connectivity index (χ4v) is 3.85. The smallest absolute Gasteiger partial charge is 0.119 e. The minimum atomic E-state index is 0.720. The third-order valence-electron chi connectivity index (χ3n) is 5.20. The van der Waals surface area contributed by atoms with Gasteiger partial charge in [-0.3, -0.25) is 4.90 Å². The normalized spacial score (nSPS) is 22.7. The van der Waals surface area contributed by atoms with Gasteiger partial charge in [0.2, 0.25) is 0 Å². The van der Waals surface area contributed by atoms with Gasteiger partial charge in [-0.15, -0.1) is 0 Å². The van der Waals surface area contributed by atoms with Gasteiger partial charge in [-0.1, -0.05) is 13.0 Å². The number of benzene rings is 1. The van der Waals surface area contributed by atoms with E-state index in [1.165, 1.54) is 56.4 Å². The van der Waals surface area contributed by atoms with Gasteiger partial charge in [-0.05, 0) is 75.5 Å². The lowest BCUT2D eigenvalue weighted by Crippen LogP contribution is -2.31. The Balaban J connectivity index is 1.53. The number of nitrogens with zero attached hydrogens (tertiary/aromatic N) is 2. The third-order valence-corrected chi connectivity index (χ3v) is 5.20. The van der Waals surface area contributed by atoms with Crippen LogP contribution in [0.25, 0.3) is 0 Å². The van der Waals surface area contributed by atoms with Crippen molar-refractivity contribution in [3.05, 3.63) is 29.3 Å². The first-order chi connectivity index (χ1) is 10.8. The van der Waals surface area contributed by atoms with Gasteiger partial charge in [0, 0.05) is 19.1 Å². The SMILES string of the molecule is CCCN1CCc2ccc(OCCC3CCCN3C)cc2C1. The average molecular weight is 302 g/mol. The monoisotopic (exact) mass is 302 g/mol. The Morgan fingerprint density at radius 3 is 2.91 bits per heavy atom. The first-order valence-corrected chi connectivity index (χ1v) is 8.93. The molecule has 1 unspecified atom stereocenters. The molecule has 0 saturated carbocycles. The molecule has 0 amide bonds. The second kappa shape index (κ2) is 7.47. The van der Waals surface area contributed by atoms with E-state index in [0.29, 0.717) is 0 Å². The molecule has 0 aromatic heterocycles. The zero-order valence-electron chi connectivity index (χ0n) is 14.2. The standard InChI is InChI=1S/C19H30N2O/c1-3-10-21-12-8-16-6-7-19(14-17(16)15-21)22-13-9-18-5-4-11-20(18)2/h6-7,14,18H,3-5,8-13,15H2,1-2H3. The van der Waals surface area contributed by atoms with Crippen molar-refractivity contribution in [3.8, 4) is 5.75 Å². The number of hydrogen-bond donors (Lipinski definition) is 0. The van der Waals surface area contributed by atoms with Gasteiger partial charge in [0.05, 0.1) is 6.61 Å². The molecule has 2 aliphatic heterocycles. The largest absolute Gasteiger partial charge is 0.494 e. The fourth-order valence-electron chi connectivity index (χ4n) is 3.85. The molecular weight excluding hydrogens is 272 g/mol. The number of ether oxygens (including phenoxy) is 1. The number of likely N-dealkylation sites (tertiary alicyclic amines) is 1. The van der Waals surface area contributed by atoms with Crippen LogP contribution in [0.15, 0.2) is 18.2 Å². The van der Waals surface area contributed by atoms with Crippen LogP contribution in [-0.2, 0) is 13.0 Å². The molecule has 1 aromatic carbocycles. The lowest BCUT2D eigenvalue weighted by Gasteiger charge is -2.28. The molecular formula is C19H30N2O. The molecule has 0 spiro atoms. The summed E-state index contributed by atoms with van der Waals surface area (Å²) in [7, 11) is 2.23. The van der Waals surface area contributed by atoms with Crippen molar-refractivity contribution in [3.63, 3.8) is 0 Å². The van der Waals surface area contributed by atoms with Crippen LogP contribution in [0.4, 0.5) is 0 Å². The average Bonchev–Trinajstić information content (AvgIpc) is 2.93. The van der Waals surface area contributed by atoms with E-state index in [4.69, 9.17) is 4.74 Å². The molecule has 1 fully saturated rings. The van der Waals surface area contributed by atoms with Crippen LogP contribution >= 0.6 is 0 Å². The van der Waals surface area contributed by atoms with E-state index in [-0.39, 0.29) is 0 Å². The summed E-state index contributed by atoms with van der Waals surface area (Å²) in [5.74, 6) is 1.05. The molecule has 0 radical (unpaired) electrons. The first kappa shape index (κ1) is 15.8. The molecule has 122 valence electrons. The Hall–Kier alpha value is -1.06. The Morgan fingerprint density at radius 1 is 1.23 bits per heavy atom. The number of rotatable bonds is 6. The van der Waals surface area contributed by atoms with Gasteiger partial charge in [-0.25, -0.2) is 0 Å². The summed E-state index contributed by atoms with van der Waals surface area (Å²) in [5, 5.41) is 0. The second-order valence-electron chi connectivity index (χ2n) is 6.87. The molecule has 0 aliphatic carbocycles. The highest BCUT2D eigenvalue weighted by Gasteiger charge is 2.20. The van der Waals surface area contributed by atoms with Crippen LogP contribution in [0.1, 0.15) is 43.7 Å². The highest BCUT2D eigenvalue weighted by molar-refractivity contribution is 5.37. The molecule has 1 aromatic rings. The van der Waals surface area contributed by atoms with Crippen LogP contribution in [-0.4, -0.2) is 49.1 Å². The molecule has 3 nitrogen and oxygen atoms in total. The van der Waals surface area contributed by atoms with Crippen molar-refractivity contribution in [1.29, 1.82) is 0 Å². The molecule has 0 bridgehead atoms. The van der Waals surface area contributed by atoms with Gasteiger partial charge in [0.1, 0.15) is 5.75 Å². The highest BCUT2D eigenvalue weighted by atomic mass is 16.5. The predicted molar refractivity (Wildman–Crippen MR) is 91.5 cm³/mol. The Morgan fingerprint density at radius 2 is 2.14 bits per heavy atom. The quantitative estimate of drug-likeness (QED) is 0.802. The molecule has 1 saturated heterocycles. The van der Waals surface area contributed by atoms with E-state index in [0.717, 1.165) is 31.4 Å². The van der Waals surface area contributed by atoms with Crippen LogP contribution in [0.5, 0.6) is 5.75 Å². The number of hydrogen-bond acceptors (Lipinski definition) is 3. The van der Waals surface area contributed by atoms with Crippen molar-refractivity contribution in [2.75, 3.05) is 33.3 Å². The van der Waals surface area contributed by atoms with Crippen molar-refractivity contribution in [2.45, 2.75) is 51.6 Å². The Bertz CT molecular complexity index is 488. The van der Waals surface area contributed by atoms with Crippen molar-refractivity contribution >= 4 is 0 Å². The summed E-state index contributed by atoms with van der Waals surface area (Å²) in [6.07, 6.45) is 6.24. The molecule has 1 atom stereocenters. The van der Waals surface area contributed by atoms with Crippen LogP contribution in [0.2, 0.25) is 0 Å². The molecule has 0 N–H and O–H groups in total. The van der Waals surface area contributed by atoms with E-state index in [9.17, 15) is 0 Å².